The van der Waals surface area contributed by atoms with E-state index in [1.807, 2.05) is 0 Å². The van der Waals surface area contributed by atoms with Gasteiger partial charge in [-0.05, 0) is 32.0 Å². The molecule has 10 heteroatoms. The summed E-state index contributed by atoms with van der Waals surface area (Å²) in [6, 6.07) is 2.18. The van der Waals surface area contributed by atoms with Crippen LogP contribution in [0.5, 0.6) is 0 Å². The molecule has 0 atom stereocenters. The monoisotopic (exact) mass is 399 g/mol. The summed E-state index contributed by atoms with van der Waals surface area (Å²) in [6.45, 7) is 6.61. The maximum absolute atomic E-state index is 11.7. The van der Waals surface area contributed by atoms with Gasteiger partial charge in [0.05, 0.1) is 17.6 Å². The van der Waals surface area contributed by atoms with Crippen molar-refractivity contribution in [3.63, 3.8) is 0 Å². The fourth-order valence-corrected chi connectivity index (χ4v) is 4.04. The normalized spacial score (nSPS) is 20.2. The van der Waals surface area contributed by atoms with Gasteiger partial charge in [0.2, 0.25) is 10.0 Å². The lowest BCUT2D eigenvalue weighted by molar-refractivity contribution is 0.274. The first-order valence-corrected chi connectivity index (χ1v) is 9.81. The van der Waals surface area contributed by atoms with Crippen molar-refractivity contribution in [1.82, 2.24) is 24.3 Å². The quantitative estimate of drug-likeness (QED) is 0.809. The van der Waals surface area contributed by atoms with Crippen LogP contribution in [0.15, 0.2) is 6.07 Å². The first-order valence-electron chi connectivity index (χ1n) is 7.96. The molecular formula is C14H27Cl2N5O2S. The Morgan fingerprint density at radius 2 is 1.92 bits per heavy atom. The van der Waals surface area contributed by atoms with Crippen LogP contribution in [-0.4, -0.2) is 66.4 Å². The van der Waals surface area contributed by atoms with Gasteiger partial charge >= 0.3 is 0 Å². The average Bonchev–Trinajstić information content (AvgIpc) is 2.65. The number of nitrogens with one attached hydrogen (secondary N) is 1. The first kappa shape index (κ1) is 21.7. The topological polar surface area (TPSA) is 70.5 Å². The van der Waals surface area contributed by atoms with Crippen LogP contribution in [0.1, 0.15) is 24.2 Å². The van der Waals surface area contributed by atoms with Crippen molar-refractivity contribution < 1.29 is 8.42 Å². The van der Waals surface area contributed by atoms with E-state index < -0.39 is 10.0 Å². The maximum atomic E-state index is 11.7. The third-order valence-corrected chi connectivity index (χ3v) is 5.65. The van der Waals surface area contributed by atoms with Gasteiger partial charge in [-0.2, -0.15) is 5.10 Å². The van der Waals surface area contributed by atoms with Crippen molar-refractivity contribution in [2.75, 3.05) is 39.0 Å². The summed E-state index contributed by atoms with van der Waals surface area (Å²) in [6.07, 6.45) is 3.28. The molecule has 7 nitrogen and oxygen atoms in total. The minimum atomic E-state index is -3.07. The van der Waals surface area contributed by atoms with Gasteiger partial charge in [0, 0.05) is 39.3 Å². The highest BCUT2D eigenvalue weighted by Crippen LogP contribution is 2.13. The lowest BCUT2D eigenvalue weighted by Gasteiger charge is -2.19. The molecule has 1 aromatic heterocycles. The minimum absolute atomic E-state index is 0. The van der Waals surface area contributed by atoms with Gasteiger partial charge in [-0.25, -0.2) is 12.7 Å². The van der Waals surface area contributed by atoms with Gasteiger partial charge in [-0.1, -0.05) is 0 Å². The predicted molar refractivity (Wildman–Crippen MR) is 99.4 cm³/mol. The van der Waals surface area contributed by atoms with E-state index in [0.717, 1.165) is 57.8 Å². The van der Waals surface area contributed by atoms with Gasteiger partial charge in [-0.15, -0.1) is 24.8 Å². The average molecular weight is 400 g/mol. The zero-order valence-corrected chi connectivity index (χ0v) is 16.4. The number of hydrogen-bond acceptors (Lipinski definition) is 5. The molecule has 2 aliphatic heterocycles. The third kappa shape index (κ3) is 5.57. The number of nitrogens with zero attached hydrogens (tertiary/aromatic N) is 4. The number of halogens is 2. The second-order valence-electron chi connectivity index (χ2n) is 6.17. The molecule has 0 aliphatic carbocycles. The number of aromatic nitrogens is 2. The van der Waals surface area contributed by atoms with Gasteiger partial charge in [0.1, 0.15) is 0 Å². The van der Waals surface area contributed by atoms with Crippen LogP contribution in [0.4, 0.5) is 0 Å². The summed E-state index contributed by atoms with van der Waals surface area (Å²) in [5, 5.41) is 8.11. The Morgan fingerprint density at radius 1 is 1.12 bits per heavy atom. The lowest BCUT2D eigenvalue weighted by Crippen LogP contribution is -2.34. The Bertz CT molecular complexity index is 599. The molecule has 3 rings (SSSR count). The van der Waals surface area contributed by atoms with E-state index in [9.17, 15) is 8.42 Å². The van der Waals surface area contributed by atoms with Crippen LogP contribution in [0, 0.1) is 0 Å². The third-order valence-electron chi connectivity index (χ3n) is 4.35. The van der Waals surface area contributed by atoms with Crippen LogP contribution >= 0.6 is 24.8 Å². The SMILES string of the molecule is CS(=O)(=O)N1CCCN(Cc2cc3n(n2)CCCNC3)CC1.Cl.Cl. The second kappa shape index (κ2) is 9.35. The highest BCUT2D eigenvalue weighted by Gasteiger charge is 2.22. The molecule has 24 heavy (non-hydrogen) atoms. The van der Waals surface area contributed by atoms with E-state index in [-0.39, 0.29) is 24.8 Å². The van der Waals surface area contributed by atoms with Crippen molar-refractivity contribution in [3.05, 3.63) is 17.5 Å². The molecule has 2 aliphatic rings. The first-order chi connectivity index (χ1) is 10.5. The van der Waals surface area contributed by atoms with Crippen molar-refractivity contribution in [3.8, 4) is 0 Å². The van der Waals surface area contributed by atoms with E-state index in [0.29, 0.717) is 13.1 Å². The van der Waals surface area contributed by atoms with E-state index in [1.165, 1.54) is 11.9 Å². The van der Waals surface area contributed by atoms with Crippen LogP contribution < -0.4 is 5.32 Å². The summed E-state index contributed by atoms with van der Waals surface area (Å²) in [5.74, 6) is 0. The lowest BCUT2D eigenvalue weighted by atomic mass is 10.3. The summed E-state index contributed by atoms with van der Waals surface area (Å²) in [4.78, 5) is 2.31. The van der Waals surface area contributed by atoms with E-state index in [1.54, 1.807) is 4.31 Å². The maximum Gasteiger partial charge on any atom is 0.211 e. The Morgan fingerprint density at radius 3 is 2.67 bits per heavy atom. The Balaban J connectivity index is 0.00000144. The van der Waals surface area contributed by atoms with Crippen molar-refractivity contribution >= 4 is 34.8 Å². The standard InChI is InChI=1S/C14H25N5O2S.2ClH/c1-22(20,21)18-6-3-5-17(8-9-18)12-13-10-14-11-15-4-2-7-19(14)16-13;;/h10,15H,2-9,11-12H2,1H3;2*1H. The molecular weight excluding hydrogens is 373 g/mol. The largest absolute Gasteiger partial charge is 0.311 e. The number of fused-ring (bicyclic) bond motifs is 1. The second-order valence-corrected chi connectivity index (χ2v) is 8.15. The van der Waals surface area contributed by atoms with Crippen LogP contribution in [-0.2, 0) is 29.7 Å². The zero-order chi connectivity index (χ0) is 15.6. The summed E-state index contributed by atoms with van der Waals surface area (Å²) in [7, 11) is -3.07. The number of rotatable bonds is 3. The Labute approximate surface area is 156 Å². The molecule has 0 bridgehead atoms. The van der Waals surface area contributed by atoms with Crippen LogP contribution in [0.2, 0.25) is 0 Å². The van der Waals surface area contributed by atoms with Crippen LogP contribution in [0.25, 0.3) is 0 Å². The molecule has 1 saturated heterocycles. The number of aryl methyl sites for hydroxylation is 1. The van der Waals surface area contributed by atoms with E-state index in [4.69, 9.17) is 5.10 Å². The van der Waals surface area contributed by atoms with Gasteiger partial charge < -0.3 is 5.32 Å². The molecule has 1 aromatic rings. The van der Waals surface area contributed by atoms with Gasteiger partial charge in [-0.3, -0.25) is 9.58 Å². The fourth-order valence-electron chi connectivity index (χ4n) is 3.16. The van der Waals surface area contributed by atoms with Crippen molar-refractivity contribution in [1.29, 1.82) is 0 Å². The molecule has 0 saturated carbocycles. The van der Waals surface area contributed by atoms with Gasteiger partial charge in [0.15, 0.2) is 0 Å². The molecule has 0 amide bonds. The number of hydrogen-bond donors (Lipinski definition) is 1. The van der Waals surface area contributed by atoms with Crippen molar-refractivity contribution in [2.45, 2.75) is 32.5 Å². The Hall–Kier alpha value is -0.380. The molecule has 1 fully saturated rings. The smallest absolute Gasteiger partial charge is 0.211 e. The molecule has 0 unspecified atom stereocenters. The van der Waals surface area contributed by atoms with Gasteiger partial charge in [0.25, 0.3) is 0 Å². The molecule has 0 spiro atoms. The summed E-state index contributed by atoms with van der Waals surface area (Å²) < 4.78 is 27.0. The fraction of sp³-hybridized carbons (Fsp3) is 0.786. The minimum Gasteiger partial charge on any atom is -0.311 e. The highest BCUT2D eigenvalue weighted by atomic mass is 35.5. The molecule has 0 aromatic carbocycles. The highest BCUT2D eigenvalue weighted by molar-refractivity contribution is 7.88. The molecule has 0 radical (unpaired) electrons. The van der Waals surface area contributed by atoms with Crippen LogP contribution in [0.3, 0.4) is 0 Å². The zero-order valence-electron chi connectivity index (χ0n) is 14.0. The van der Waals surface area contributed by atoms with E-state index in [2.05, 4.69) is 21.0 Å². The summed E-state index contributed by atoms with van der Waals surface area (Å²) in [5.41, 5.74) is 2.34. The van der Waals surface area contributed by atoms with Crippen molar-refractivity contribution in [2.24, 2.45) is 0 Å². The predicted octanol–water partition coefficient (Wildman–Crippen LogP) is 0.687. The molecule has 1 N–H and O–H groups in total. The molecule has 3 heterocycles. The number of sulfonamides is 1. The van der Waals surface area contributed by atoms with E-state index >= 15 is 0 Å². The Kier molecular flexibility index (Phi) is 8.44. The molecule has 140 valence electrons. The summed E-state index contributed by atoms with van der Waals surface area (Å²) >= 11 is 0.